The lowest BCUT2D eigenvalue weighted by molar-refractivity contribution is 0.0526. The molecule has 8 nitrogen and oxygen atoms in total. The van der Waals surface area contributed by atoms with Crippen LogP contribution in [0.15, 0.2) is 60.7 Å². The molecule has 9 heteroatoms. The van der Waals surface area contributed by atoms with Gasteiger partial charge in [-0.2, -0.15) is 0 Å². The summed E-state index contributed by atoms with van der Waals surface area (Å²) in [5.74, 6) is 1.04. The van der Waals surface area contributed by atoms with Gasteiger partial charge in [0.25, 0.3) is 0 Å². The number of ether oxygens (including phenoxy) is 1. The van der Waals surface area contributed by atoms with Crippen LogP contribution < -0.4 is 15.0 Å². The number of aliphatic hydroxyl groups excluding tert-OH is 1. The molecular formula is C30H35N5O3S. The number of likely N-dealkylation sites (N-methyl/N-ethyl adjacent to an activating group) is 1. The monoisotopic (exact) mass is 545 g/mol. The number of nitrogens with zero attached hydrogens (tertiary/aromatic N) is 4. The van der Waals surface area contributed by atoms with Crippen molar-refractivity contribution < 1.29 is 14.6 Å². The lowest BCUT2D eigenvalue weighted by atomic mass is 9.91. The molecule has 0 saturated carbocycles. The van der Waals surface area contributed by atoms with E-state index >= 15 is 0 Å². The fraction of sp³-hybridized carbons (Fsp3) is 0.400. The Labute approximate surface area is 233 Å². The normalized spacial score (nSPS) is 21.2. The molecule has 0 radical (unpaired) electrons. The van der Waals surface area contributed by atoms with Crippen LogP contribution in [-0.4, -0.2) is 83.9 Å². The van der Waals surface area contributed by atoms with Gasteiger partial charge in [0, 0.05) is 62.6 Å². The highest BCUT2D eigenvalue weighted by Gasteiger charge is 2.35. The molecule has 39 heavy (non-hydrogen) atoms. The second kappa shape index (κ2) is 11.0. The number of nitrogens with one attached hydrogen (secondary N) is 1. The first-order valence-corrected chi connectivity index (χ1v) is 14.5. The SMILES string of the molecule is CCN1c2ccc(NC(=O)N3CCN(C[C@@H](O)COc4ccc5sc(C)nc5c4)CC3)cc2C2C=CC=CC21. The second-order valence-corrected chi connectivity index (χ2v) is 11.6. The number of amides is 2. The minimum atomic E-state index is -0.611. The molecule has 3 aliphatic rings. The first kappa shape index (κ1) is 25.9. The van der Waals surface area contributed by atoms with E-state index in [9.17, 15) is 9.90 Å². The number of fused-ring (bicyclic) bond motifs is 4. The number of carbonyl (C=O) groups excluding carboxylic acids is 1. The van der Waals surface area contributed by atoms with E-state index in [1.807, 2.05) is 36.1 Å². The molecule has 1 aromatic heterocycles. The van der Waals surface area contributed by atoms with Gasteiger partial charge in [-0.25, -0.2) is 9.78 Å². The number of β-amino-alcohol motifs (C(OH)–C–C–N with tert-alkyl or cyclic N) is 1. The van der Waals surface area contributed by atoms with Crippen molar-refractivity contribution in [2.75, 3.05) is 56.1 Å². The Bertz CT molecular complexity index is 1410. The molecule has 3 aromatic rings. The van der Waals surface area contributed by atoms with Gasteiger partial charge >= 0.3 is 6.03 Å². The molecule has 2 aromatic carbocycles. The zero-order chi connectivity index (χ0) is 26.9. The number of piperazine rings is 1. The minimum Gasteiger partial charge on any atom is -0.491 e. The summed E-state index contributed by atoms with van der Waals surface area (Å²) in [6.45, 7) is 8.52. The minimum absolute atomic E-state index is 0.0767. The van der Waals surface area contributed by atoms with Gasteiger partial charge < -0.3 is 25.0 Å². The molecule has 204 valence electrons. The highest BCUT2D eigenvalue weighted by Crippen LogP contribution is 2.44. The lowest BCUT2D eigenvalue weighted by Gasteiger charge is -2.35. The van der Waals surface area contributed by atoms with Crippen molar-refractivity contribution in [2.45, 2.75) is 31.9 Å². The first-order chi connectivity index (χ1) is 19.0. The van der Waals surface area contributed by atoms with Crippen LogP contribution in [0, 0.1) is 6.92 Å². The maximum Gasteiger partial charge on any atom is 0.321 e. The van der Waals surface area contributed by atoms with Crippen LogP contribution in [0.3, 0.4) is 0 Å². The van der Waals surface area contributed by atoms with Crippen molar-refractivity contribution in [3.63, 3.8) is 0 Å². The number of hydrogen-bond acceptors (Lipinski definition) is 7. The Balaban J connectivity index is 0.980. The molecule has 2 aliphatic heterocycles. The van der Waals surface area contributed by atoms with Gasteiger partial charge in [0.05, 0.1) is 21.3 Å². The van der Waals surface area contributed by atoms with Gasteiger partial charge in [0.15, 0.2) is 0 Å². The maximum absolute atomic E-state index is 13.0. The van der Waals surface area contributed by atoms with Gasteiger partial charge in [-0.15, -0.1) is 11.3 Å². The number of allylic oxidation sites excluding steroid dienone is 2. The number of benzene rings is 2. The third-order valence-corrected chi connectivity index (χ3v) is 8.74. The highest BCUT2D eigenvalue weighted by molar-refractivity contribution is 7.18. The zero-order valence-electron chi connectivity index (χ0n) is 22.4. The number of aromatic nitrogens is 1. The topological polar surface area (TPSA) is 81.2 Å². The van der Waals surface area contributed by atoms with E-state index in [1.54, 1.807) is 11.3 Å². The van der Waals surface area contributed by atoms with E-state index in [2.05, 4.69) is 63.5 Å². The number of aryl methyl sites for hydroxylation is 1. The number of carbonyl (C=O) groups is 1. The van der Waals surface area contributed by atoms with Crippen LogP contribution in [0.2, 0.25) is 0 Å². The molecule has 6 rings (SSSR count). The van der Waals surface area contributed by atoms with Crippen molar-refractivity contribution in [3.05, 3.63) is 71.3 Å². The Hall–Kier alpha value is -3.40. The molecule has 0 bridgehead atoms. The van der Waals surface area contributed by atoms with Crippen LogP contribution in [-0.2, 0) is 0 Å². The molecule has 1 saturated heterocycles. The Morgan fingerprint density at radius 3 is 2.79 bits per heavy atom. The van der Waals surface area contributed by atoms with Gasteiger partial charge in [-0.05, 0) is 49.7 Å². The van der Waals surface area contributed by atoms with E-state index in [1.165, 1.54) is 11.3 Å². The van der Waals surface area contributed by atoms with Crippen LogP contribution >= 0.6 is 11.3 Å². The van der Waals surface area contributed by atoms with Crippen LogP contribution in [0.4, 0.5) is 16.2 Å². The van der Waals surface area contributed by atoms with Crippen molar-refractivity contribution in [1.82, 2.24) is 14.8 Å². The van der Waals surface area contributed by atoms with Crippen LogP contribution in [0.25, 0.3) is 10.2 Å². The van der Waals surface area contributed by atoms with Gasteiger partial charge in [0.2, 0.25) is 0 Å². The predicted molar refractivity (Wildman–Crippen MR) is 157 cm³/mol. The molecule has 3 heterocycles. The molecule has 0 spiro atoms. The number of thiazole rings is 1. The number of urea groups is 1. The summed E-state index contributed by atoms with van der Waals surface area (Å²) in [5.41, 5.74) is 4.27. The molecule has 2 N–H and O–H groups in total. The van der Waals surface area contributed by atoms with Crippen LogP contribution in [0.5, 0.6) is 5.75 Å². The smallest absolute Gasteiger partial charge is 0.321 e. The summed E-state index contributed by atoms with van der Waals surface area (Å²) in [6, 6.07) is 12.4. The van der Waals surface area contributed by atoms with E-state index in [-0.39, 0.29) is 12.6 Å². The maximum atomic E-state index is 13.0. The van der Waals surface area contributed by atoms with Crippen molar-refractivity contribution >= 4 is 39.0 Å². The third kappa shape index (κ3) is 5.39. The van der Waals surface area contributed by atoms with Crippen molar-refractivity contribution in [2.24, 2.45) is 0 Å². The largest absolute Gasteiger partial charge is 0.491 e. The molecular weight excluding hydrogens is 510 g/mol. The van der Waals surface area contributed by atoms with Gasteiger partial charge in [0.1, 0.15) is 18.5 Å². The van der Waals surface area contributed by atoms with E-state index in [0.717, 1.165) is 27.5 Å². The third-order valence-electron chi connectivity index (χ3n) is 7.79. The second-order valence-electron chi connectivity index (χ2n) is 10.4. The summed E-state index contributed by atoms with van der Waals surface area (Å²) in [4.78, 5) is 24.0. The lowest BCUT2D eigenvalue weighted by Crippen LogP contribution is -2.52. The van der Waals surface area contributed by atoms with E-state index < -0.39 is 6.10 Å². The summed E-state index contributed by atoms with van der Waals surface area (Å²) < 4.78 is 6.97. The average molecular weight is 546 g/mol. The average Bonchev–Trinajstić information content (AvgIpc) is 3.48. The van der Waals surface area contributed by atoms with Gasteiger partial charge in [-0.3, -0.25) is 4.90 Å². The molecule has 3 atom stereocenters. The van der Waals surface area contributed by atoms with E-state index in [4.69, 9.17) is 4.74 Å². The highest BCUT2D eigenvalue weighted by atomic mass is 32.1. The number of anilines is 2. The zero-order valence-corrected chi connectivity index (χ0v) is 23.2. The molecule has 2 amide bonds. The van der Waals surface area contributed by atoms with Crippen molar-refractivity contribution in [1.29, 1.82) is 0 Å². The predicted octanol–water partition coefficient (Wildman–Crippen LogP) is 4.61. The first-order valence-electron chi connectivity index (χ1n) is 13.7. The Kier molecular flexibility index (Phi) is 7.29. The number of aliphatic hydroxyl groups is 1. The Morgan fingerprint density at radius 2 is 1.97 bits per heavy atom. The fourth-order valence-electron chi connectivity index (χ4n) is 5.87. The van der Waals surface area contributed by atoms with Crippen molar-refractivity contribution in [3.8, 4) is 5.75 Å². The fourth-order valence-corrected chi connectivity index (χ4v) is 6.68. The number of rotatable bonds is 7. The summed E-state index contributed by atoms with van der Waals surface area (Å²) in [7, 11) is 0. The summed E-state index contributed by atoms with van der Waals surface area (Å²) >= 11 is 1.66. The quantitative estimate of drug-likeness (QED) is 0.451. The Morgan fingerprint density at radius 1 is 1.15 bits per heavy atom. The van der Waals surface area contributed by atoms with E-state index in [0.29, 0.717) is 50.4 Å². The molecule has 1 aliphatic carbocycles. The summed E-state index contributed by atoms with van der Waals surface area (Å²) in [6.07, 6.45) is 8.13. The number of hydrogen-bond donors (Lipinski definition) is 2. The van der Waals surface area contributed by atoms with Crippen LogP contribution in [0.1, 0.15) is 23.4 Å². The standard InChI is InChI=1S/C30H35N5O3S/c1-3-35-27-7-5-4-6-24(27)25-16-21(8-10-28(25)35)32-30(37)34-14-12-33(13-15-34)18-22(36)19-38-23-9-11-29-26(17-23)31-20(2)39-29/h4-11,16-17,22,24,27,36H,3,12-15,18-19H2,1-2H3,(H,32,37)/t22-,24?,27?/m1/s1. The molecule has 2 unspecified atom stereocenters. The summed E-state index contributed by atoms with van der Waals surface area (Å²) in [5, 5.41) is 14.7. The molecule has 1 fully saturated rings. The van der Waals surface area contributed by atoms with Gasteiger partial charge in [-0.1, -0.05) is 24.3 Å².